The number of imidazole rings is 1. The molecule has 0 unspecified atom stereocenters. The molecule has 5 rings (SSSR count). The smallest absolute Gasteiger partial charge is 0.253 e. The molecule has 0 saturated carbocycles. The quantitative estimate of drug-likeness (QED) is 0.317. The Hall–Kier alpha value is -4.60. The van der Waals surface area contributed by atoms with Crippen LogP contribution in [-0.4, -0.2) is 44.1 Å². The summed E-state index contributed by atoms with van der Waals surface area (Å²) < 4.78 is 6.84. The summed E-state index contributed by atoms with van der Waals surface area (Å²) in [7, 11) is 1.63. The van der Waals surface area contributed by atoms with E-state index in [1.54, 1.807) is 17.8 Å². The molecule has 33 heavy (non-hydrogen) atoms. The molecule has 0 atom stereocenters. The van der Waals surface area contributed by atoms with E-state index in [0.717, 1.165) is 28.0 Å². The number of rotatable bonds is 6. The molecule has 5 N–H and O–H groups in total. The van der Waals surface area contributed by atoms with Gasteiger partial charge in [-0.2, -0.15) is 5.10 Å². The van der Waals surface area contributed by atoms with E-state index >= 15 is 0 Å². The summed E-state index contributed by atoms with van der Waals surface area (Å²) in [4.78, 5) is 24.6. The van der Waals surface area contributed by atoms with Gasteiger partial charge >= 0.3 is 0 Å². The van der Waals surface area contributed by atoms with E-state index in [9.17, 15) is 4.79 Å². The van der Waals surface area contributed by atoms with E-state index in [2.05, 4.69) is 30.7 Å². The molecule has 0 aliphatic carbocycles. The van der Waals surface area contributed by atoms with Gasteiger partial charge in [-0.15, -0.1) is 0 Å². The van der Waals surface area contributed by atoms with Crippen molar-refractivity contribution in [2.45, 2.75) is 6.92 Å². The third-order valence-electron chi connectivity index (χ3n) is 5.31. The minimum Gasteiger partial charge on any atom is -0.497 e. The van der Waals surface area contributed by atoms with Crippen LogP contribution in [0.25, 0.3) is 27.7 Å². The molecule has 0 fully saturated rings. The fraction of sp³-hybridized carbons (Fsp3) is 0.130. The second-order valence-electron chi connectivity index (χ2n) is 7.39. The molecule has 0 bridgehead atoms. The maximum atomic E-state index is 12.7. The minimum absolute atomic E-state index is 0.197. The number of ether oxygens (including phenoxy) is 1. The maximum Gasteiger partial charge on any atom is 0.253 e. The highest BCUT2D eigenvalue weighted by molar-refractivity contribution is 6.07. The Morgan fingerprint density at radius 2 is 2.03 bits per heavy atom. The van der Waals surface area contributed by atoms with Gasteiger partial charge < -0.3 is 26.1 Å². The first-order valence-electron chi connectivity index (χ1n) is 10.4. The number of fused-ring (bicyclic) bond motifs is 2. The number of anilines is 3. The van der Waals surface area contributed by atoms with Gasteiger partial charge in [0.2, 0.25) is 5.95 Å². The number of amides is 1. The van der Waals surface area contributed by atoms with Crippen molar-refractivity contribution in [1.29, 1.82) is 0 Å². The molecule has 0 radical (unpaired) electrons. The van der Waals surface area contributed by atoms with Gasteiger partial charge in [0, 0.05) is 30.1 Å². The van der Waals surface area contributed by atoms with E-state index in [4.69, 9.17) is 10.5 Å². The number of nitrogens with two attached hydrogens (primary N) is 1. The van der Waals surface area contributed by atoms with Crippen LogP contribution in [0.4, 0.5) is 17.5 Å². The lowest BCUT2D eigenvalue weighted by molar-refractivity contribution is 0.0956. The lowest BCUT2D eigenvalue weighted by atomic mass is 10.0. The Balaban J connectivity index is 1.49. The first kappa shape index (κ1) is 20.3. The summed E-state index contributed by atoms with van der Waals surface area (Å²) in [6, 6.07) is 13.3. The Bertz CT molecular complexity index is 1470. The van der Waals surface area contributed by atoms with Crippen LogP contribution in [0.15, 0.2) is 55.0 Å². The van der Waals surface area contributed by atoms with Crippen LogP contribution in [0.5, 0.6) is 5.75 Å². The van der Waals surface area contributed by atoms with Gasteiger partial charge in [0.15, 0.2) is 5.82 Å². The van der Waals surface area contributed by atoms with Crippen molar-refractivity contribution in [3.8, 4) is 16.9 Å². The standard InChI is InChI=1S/C23H22N8O2/c1-3-25-22(32)16-11-31-20(21(24)26-12-27-31)19(16)13-4-6-14(7-5-13)28-23-29-17-9-8-15(33-2)10-18(17)30-23/h4-12H,3H2,1-2H3,(H,25,32)(H2,24,26,27)(H2,28,29,30). The first-order valence-corrected chi connectivity index (χ1v) is 10.4. The molecular weight excluding hydrogens is 420 g/mol. The van der Waals surface area contributed by atoms with Gasteiger partial charge in [0.05, 0.1) is 23.7 Å². The molecule has 0 spiro atoms. The summed E-state index contributed by atoms with van der Waals surface area (Å²) in [5, 5.41) is 10.3. The summed E-state index contributed by atoms with van der Waals surface area (Å²) >= 11 is 0. The Morgan fingerprint density at radius 1 is 1.21 bits per heavy atom. The number of carbonyl (C=O) groups is 1. The first-order chi connectivity index (χ1) is 16.1. The van der Waals surface area contributed by atoms with Crippen LogP contribution in [0.1, 0.15) is 17.3 Å². The van der Waals surface area contributed by atoms with Crippen LogP contribution in [0, 0.1) is 0 Å². The van der Waals surface area contributed by atoms with Crippen LogP contribution in [-0.2, 0) is 0 Å². The number of nitrogens with zero attached hydrogens (tertiary/aromatic N) is 4. The third kappa shape index (κ3) is 3.67. The van der Waals surface area contributed by atoms with Crippen LogP contribution in [0.3, 0.4) is 0 Å². The molecule has 0 saturated heterocycles. The molecule has 10 heteroatoms. The molecule has 0 aliphatic rings. The number of carbonyl (C=O) groups excluding carboxylic acids is 1. The van der Waals surface area contributed by atoms with Crippen molar-refractivity contribution in [1.82, 2.24) is 29.9 Å². The van der Waals surface area contributed by atoms with Crippen molar-refractivity contribution >= 4 is 39.9 Å². The lowest BCUT2D eigenvalue weighted by Crippen LogP contribution is -2.22. The summed E-state index contributed by atoms with van der Waals surface area (Å²) in [5.41, 5.74) is 11.2. The van der Waals surface area contributed by atoms with Crippen molar-refractivity contribution in [3.05, 3.63) is 60.6 Å². The monoisotopic (exact) mass is 442 g/mol. The molecule has 10 nitrogen and oxygen atoms in total. The van der Waals surface area contributed by atoms with E-state index in [0.29, 0.717) is 35.0 Å². The van der Waals surface area contributed by atoms with Gasteiger partial charge in [-0.25, -0.2) is 14.5 Å². The second-order valence-corrected chi connectivity index (χ2v) is 7.39. The minimum atomic E-state index is -0.197. The average Bonchev–Trinajstić information content (AvgIpc) is 3.41. The van der Waals surface area contributed by atoms with Crippen molar-refractivity contribution in [3.63, 3.8) is 0 Å². The summed E-state index contributed by atoms with van der Waals surface area (Å²) in [5.74, 6) is 1.47. The van der Waals surface area contributed by atoms with Gasteiger partial charge in [-0.05, 0) is 36.8 Å². The highest BCUT2D eigenvalue weighted by atomic mass is 16.5. The Morgan fingerprint density at radius 3 is 2.79 bits per heavy atom. The fourth-order valence-corrected chi connectivity index (χ4v) is 3.79. The van der Waals surface area contributed by atoms with Gasteiger partial charge in [-0.1, -0.05) is 12.1 Å². The molecule has 3 aromatic heterocycles. The highest BCUT2D eigenvalue weighted by Gasteiger charge is 2.21. The highest BCUT2D eigenvalue weighted by Crippen LogP contribution is 2.33. The molecule has 166 valence electrons. The number of H-pyrrole nitrogens is 1. The van der Waals surface area contributed by atoms with E-state index in [1.165, 1.54) is 6.33 Å². The SMILES string of the molecule is CCNC(=O)c1cn2ncnc(N)c2c1-c1ccc(Nc2nc3ccc(OC)cc3[nH]2)cc1. The van der Waals surface area contributed by atoms with Gasteiger partial charge in [-0.3, -0.25) is 4.79 Å². The second kappa shape index (κ2) is 8.15. The zero-order valence-electron chi connectivity index (χ0n) is 18.1. The number of nitrogen functional groups attached to an aromatic ring is 1. The number of hydrogen-bond acceptors (Lipinski definition) is 7. The average molecular weight is 442 g/mol. The van der Waals surface area contributed by atoms with Crippen molar-refractivity contribution in [2.75, 3.05) is 24.7 Å². The van der Waals surface area contributed by atoms with Crippen LogP contribution in [0.2, 0.25) is 0 Å². The van der Waals surface area contributed by atoms with Crippen molar-refractivity contribution < 1.29 is 9.53 Å². The number of aromatic amines is 1. The van der Waals surface area contributed by atoms with E-state index < -0.39 is 0 Å². The van der Waals surface area contributed by atoms with Gasteiger partial charge in [0.1, 0.15) is 17.6 Å². The lowest BCUT2D eigenvalue weighted by Gasteiger charge is -2.08. The summed E-state index contributed by atoms with van der Waals surface area (Å²) in [6.45, 7) is 2.38. The maximum absolute atomic E-state index is 12.7. The largest absolute Gasteiger partial charge is 0.497 e. The number of methoxy groups -OCH3 is 1. The number of hydrogen-bond donors (Lipinski definition) is 4. The summed E-state index contributed by atoms with van der Waals surface area (Å²) in [6.07, 6.45) is 3.03. The topological polar surface area (TPSA) is 135 Å². The van der Waals surface area contributed by atoms with E-state index in [1.807, 2.05) is 49.4 Å². The molecule has 3 heterocycles. The van der Waals surface area contributed by atoms with Crippen LogP contribution < -0.4 is 21.1 Å². The Labute approximate surface area is 188 Å². The zero-order valence-corrected chi connectivity index (χ0v) is 18.1. The third-order valence-corrected chi connectivity index (χ3v) is 5.31. The normalized spacial score (nSPS) is 11.1. The number of nitrogens with one attached hydrogen (secondary N) is 3. The molecule has 0 aliphatic heterocycles. The zero-order chi connectivity index (χ0) is 22.9. The van der Waals surface area contributed by atoms with Crippen molar-refractivity contribution in [2.24, 2.45) is 0 Å². The number of aromatic nitrogens is 5. The van der Waals surface area contributed by atoms with Gasteiger partial charge in [0.25, 0.3) is 5.91 Å². The molecule has 5 aromatic rings. The van der Waals surface area contributed by atoms with E-state index in [-0.39, 0.29) is 5.91 Å². The van der Waals surface area contributed by atoms with Crippen LogP contribution >= 0.6 is 0 Å². The molecule has 1 amide bonds. The predicted molar refractivity (Wildman–Crippen MR) is 127 cm³/mol. The number of benzene rings is 2. The molecule has 2 aromatic carbocycles. The molecular formula is C23H22N8O2. The fourth-order valence-electron chi connectivity index (χ4n) is 3.79. The Kier molecular flexibility index (Phi) is 5.02. The predicted octanol–water partition coefficient (Wildman–Crippen LogP) is 3.36.